The van der Waals surface area contributed by atoms with E-state index in [1.807, 2.05) is 42.5 Å². The van der Waals surface area contributed by atoms with Crippen LogP contribution in [0.1, 0.15) is 21.5 Å². The van der Waals surface area contributed by atoms with Gasteiger partial charge in [0, 0.05) is 10.5 Å². The first-order chi connectivity index (χ1) is 14.4. The van der Waals surface area contributed by atoms with Crippen LogP contribution in [0.25, 0.3) is 21.6 Å². The predicted octanol–water partition coefficient (Wildman–Crippen LogP) is 6.44. The van der Waals surface area contributed by atoms with E-state index < -0.39 is 24.1 Å². The highest BCUT2D eigenvalue weighted by Crippen LogP contribution is 2.37. The zero-order valence-electron chi connectivity index (χ0n) is 15.6. The molecule has 0 unspecified atom stereocenters. The molecule has 3 aromatic rings. The van der Waals surface area contributed by atoms with Gasteiger partial charge in [-0.15, -0.1) is 0 Å². The van der Waals surface area contributed by atoms with E-state index in [1.54, 1.807) is 12.1 Å². The maximum absolute atomic E-state index is 13.4. The summed E-state index contributed by atoms with van der Waals surface area (Å²) < 4.78 is 45.7. The monoisotopic (exact) mass is 411 g/mol. The van der Waals surface area contributed by atoms with Crippen molar-refractivity contribution in [3.05, 3.63) is 99.9 Å². The third-order valence-corrected chi connectivity index (χ3v) is 4.34. The molecule has 0 atom stereocenters. The Balaban J connectivity index is 1.77. The Bertz CT molecular complexity index is 1080. The first-order valence-electron chi connectivity index (χ1n) is 8.91. The van der Waals surface area contributed by atoms with Crippen LogP contribution in [0.3, 0.4) is 0 Å². The Labute approximate surface area is 170 Å². The van der Waals surface area contributed by atoms with E-state index in [0.717, 1.165) is 17.2 Å². The van der Waals surface area contributed by atoms with Crippen LogP contribution in [0.2, 0.25) is 0 Å². The van der Waals surface area contributed by atoms with Crippen LogP contribution in [0, 0.1) is 0 Å². The number of benzene rings is 3. The molecule has 0 aromatic heterocycles. The van der Waals surface area contributed by atoms with E-state index in [-0.39, 0.29) is 17.9 Å². The lowest BCUT2D eigenvalue weighted by molar-refractivity contribution is -0.139. The van der Waals surface area contributed by atoms with Crippen LogP contribution in [-0.2, 0) is 12.8 Å². The van der Waals surface area contributed by atoms with Crippen LogP contribution >= 0.6 is 0 Å². The summed E-state index contributed by atoms with van der Waals surface area (Å²) in [5.41, 5.74) is 9.71. The predicted molar refractivity (Wildman–Crippen MR) is 106 cm³/mol. The third-order valence-electron chi connectivity index (χ3n) is 4.34. The van der Waals surface area contributed by atoms with Crippen molar-refractivity contribution in [1.29, 1.82) is 0 Å². The third kappa shape index (κ3) is 5.18. The molecular formula is C22H16F3N3O2. The van der Waals surface area contributed by atoms with Crippen molar-refractivity contribution in [2.75, 3.05) is 6.54 Å². The van der Waals surface area contributed by atoms with Crippen molar-refractivity contribution in [2.24, 2.45) is 5.11 Å². The minimum atomic E-state index is -4.71. The Kier molecular flexibility index (Phi) is 6.39. The molecule has 0 radical (unpaired) electrons. The summed E-state index contributed by atoms with van der Waals surface area (Å²) >= 11 is 0. The Morgan fingerprint density at radius 1 is 0.967 bits per heavy atom. The number of carbonyl (C=O) groups is 1. The van der Waals surface area contributed by atoms with Gasteiger partial charge in [0.15, 0.2) is 5.78 Å². The number of azide groups is 1. The SMILES string of the molecule is [N-]=[N+]=NCC(=O)c1ccc(OCc2ccc(-c3ccccc3)cc2)c(C(F)(F)F)c1. The molecule has 0 aliphatic carbocycles. The summed E-state index contributed by atoms with van der Waals surface area (Å²) in [6.45, 7) is -0.619. The molecule has 5 nitrogen and oxygen atoms in total. The molecule has 152 valence electrons. The van der Waals surface area contributed by atoms with Gasteiger partial charge in [0.05, 0.1) is 12.1 Å². The molecule has 0 heterocycles. The molecule has 3 aromatic carbocycles. The van der Waals surface area contributed by atoms with E-state index in [0.29, 0.717) is 11.6 Å². The van der Waals surface area contributed by atoms with Gasteiger partial charge < -0.3 is 4.74 Å². The van der Waals surface area contributed by atoms with Crippen LogP contribution in [0.5, 0.6) is 5.75 Å². The number of nitrogens with zero attached hydrogens (tertiary/aromatic N) is 3. The number of rotatable bonds is 7. The molecule has 0 aliphatic rings. The summed E-state index contributed by atoms with van der Waals surface area (Å²) in [5.74, 6) is -1.09. The summed E-state index contributed by atoms with van der Waals surface area (Å²) in [6.07, 6.45) is -4.71. The first-order valence-corrected chi connectivity index (χ1v) is 8.91. The van der Waals surface area contributed by atoms with Crippen molar-refractivity contribution in [1.82, 2.24) is 0 Å². The lowest BCUT2D eigenvalue weighted by atomic mass is 10.0. The number of halogens is 3. The highest BCUT2D eigenvalue weighted by atomic mass is 19.4. The van der Waals surface area contributed by atoms with Crippen LogP contribution in [-0.4, -0.2) is 12.3 Å². The summed E-state index contributed by atoms with van der Waals surface area (Å²) in [6, 6.07) is 20.0. The average molecular weight is 411 g/mol. The number of hydrogen-bond acceptors (Lipinski definition) is 3. The summed E-state index contributed by atoms with van der Waals surface area (Å²) in [7, 11) is 0. The molecular weight excluding hydrogens is 395 g/mol. The second-order valence-corrected chi connectivity index (χ2v) is 6.37. The number of hydrogen-bond donors (Lipinski definition) is 0. The highest BCUT2D eigenvalue weighted by molar-refractivity contribution is 5.98. The van der Waals surface area contributed by atoms with Crippen molar-refractivity contribution in [3.63, 3.8) is 0 Å². The number of Topliss-reactive ketones (excluding diaryl/α,β-unsaturated/α-hetero) is 1. The lowest BCUT2D eigenvalue weighted by Crippen LogP contribution is -2.12. The van der Waals surface area contributed by atoms with Gasteiger partial charge in [0.2, 0.25) is 0 Å². The van der Waals surface area contributed by atoms with Crippen LogP contribution in [0.15, 0.2) is 77.9 Å². The van der Waals surface area contributed by atoms with Crippen molar-refractivity contribution in [2.45, 2.75) is 12.8 Å². The Morgan fingerprint density at radius 2 is 1.63 bits per heavy atom. The average Bonchev–Trinajstić information content (AvgIpc) is 2.76. The van der Waals surface area contributed by atoms with Gasteiger partial charge in [0.25, 0.3) is 0 Å². The van der Waals surface area contributed by atoms with Gasteiger partial charge in [-0.05, 0) is 40.4 Å². The summed E-state index contributed by atoms with van der Waals surface area (Å²) in [4.78, 5) is 14.3. The van der Waals surface area contributed by atoms with Gasteiger partial charge in [0.1, 0.15) is 12.4 Å². The minimum Gasteiger partial charge on any atom is -0.488 e. The number of ether oxygens (including phenoxy) is 1. The molecule has 0 saturated carbocycles. The summed E-state index contributed by atoms with van der Waals surface area (Å²) in [5, 5.41) is 3.09. The smallest absolute Gasteiger partial charge is 0.419 e. The molecule has 0 spiro atoms. The van der Waals surface area contributed by atoms with Crippen LogP contribution < -0.4 is 4.74 Å². The quantitative estimate of drug-likeness (QED) is 0.194. The molecule has 0 N–H and O–H groups in total. The number of alkyl halides is 3. The van der Waals surface area contributed by atoms with E-state index in [9.17, 15) is 18.0 Å². The lowest BCUT2D eigenvalue weighted by Gasteiger charge is -2.15. The van der Waals surface area contributed by atoms with E-state index in [1.165, 1.54) is 6.07 Å². The second-order valence-electron chi connectivity index (χ2n) is 6.37. The maximum atomic E-state index is 13.4. The number of ketones is 1. The highest BCUT2D eigenvalue weighted by Gasteiger charge is 2.35. The normalized spacial score (nSPS) is 10.9. The van der Waals surface area contributed by atoms with Gasteiger partial charge in [-0.25, -0.2) is 0 Å². The molecule has 0 fully saturated rings. The van der Waals surface area contributed by atoms with E-state index in [4.69, 9.17) is 10.3 Å². The Hall–Kier alpha value is -3.77. The topological polar surface area (TPSA) is 75.1 Å². The maximum Gasteiger partial charge on any atom is 0.419 e. The van der Waals surface area contributed by atoms with Crippen molar-refractivity contribution in [3.8, 4) is 16.9 Å². The molecule has 3 rings (SSSR count). The largest absolute Gasteiger partial charge is 0.488 e. The fourth-order valence-corrected chi connectivity index (χ4v) is 2.82. The molecule has 0 bridgehead atoms. The second kappa shape index (κ2) is 9.15. The first kappa shape index (κ1) is 21.0. The fourth-order valence-electron chi connectivity index (χ4n) is 2.82. The molecule has 8 heteroatoms. The molecule has 30 heavy (non-hydrogen) atoms. The fraction of sp³-hybridized carbons (Fsp3) is 0.136. The van der Waals surface area contributed by atoms with Gasteiger partial charge in [-0.1, -0.05) is 59.7 Å². The van der Waals surface area contributed by atoms with Crippen molar-refractivity contribution < 1.29 is 22.7 Å². The van der Waals surface area contributed by atoms with Gasteiger partial charge in [-0.2, -0.15) is 13.2 Å². The molecule has 0 amide bonds. The van der Waals surface area contributed by atoms with Gasteiger partial charge in [-0.3, -0.25) is 4.79 Å². The molecule has 0 saturated heterocycles. The van der Waals surface area contributed by atoms with Crippen LogP contribution in [0.4, 0.5) is 13.2 Å². The van der Waals surface area contributed by atoms with Crippen molar-refractivity contribution >= 4 is 5.78 Å². The Morgan fingerprint density at radius 3 is 2.27 bits per heavy atom. The minimum absolute atomic E-state index is 0.0653. The van der Waals surface area contributed by atoms with E-state index >= 15 is 0 Å². The zero-order valence-corrected chi connectivity index (χ0v) is 15.6. The zero-order chi connectivity index (χ0) is 21.6. The standard InChI is InChI=1S/C22H16F3N3O2/c23-22(24,25)19-12-18(20(29)13-27-28-26)10-11-21(19)30-14-15-6-8-17(9-7-15)16-4-2-1-3-5-16/h1-12H,13-14H2. The van der Waals surface area contributed by atoms with E-state index in [2.05, 4.69) is 10.0 Å². The number of carbonyl (C=O) groups excluding carboxylic acids is 1. The molecule has 0 aliphatic heterocycles. The van der Waals surface area contributed by atoms with Gasteiger partial charge >= 0.3 is 6.18 Å².